The maximum absolute atomic E-state index is 11.8. The molecule has 0 aliphatic carbocycles. The summed E-state index contributed by atoms with van der Waals surface area (Å²) in [7, 11) is 0. The van der Waals surface area contributed by atoms with Crippen LogP contribution in [0.3, 0.4) is 0 Å². The van der Waals surface area contributed by atoms with Gasteiger partial charge in [-0.15, -0.1) is 0 Å². The lowest BCUT2D eigenvalue weighted by Gasteiger charge is -2.23. The lowest BCUT2D eigenvalue weighted by Crippen LogP contribution is -2.33. The smallest absolute Gasteiger partial charge is 0.347 e. The predicted octanol–water partition coefficient (Wildman–Crippen LogP) is 4.07. The summed E-state index contributed by atoms with van der Waals surface area (Å²) in [5.74, 6) is 0.246. The highest BCUT2D eigenvalue weighted by atomic mass is 35.5. The third-order valence-electron chi connectivity index (χ3n) is 2.46. The molecule has 0 aliphatic rings. The summed E-state index contributed by atoms with van der Waals surface area (Å²) < 4.78 is 10.9. The summed E-state index contributed by atoms with van der Waals surface area (Å²) in [5.41, 5.74) is 1.33. The molecule has 0 spiro atoms. The second-order valence-electron chi connectivity index (χ2n) is 5.66. The Morgan fingerprint density at radius 3 is 2.11 bits per heavy atom. The average molecular weight is 285 g/mol. The Hall–Kier alpha value is -1.22. The van der Waals surface area contributed by atoms with Crippen LogP contribution in [0.2, 0.25) is 5.02 Å². The maximum Gasteiger partial charge on any atom is 0.347 e. The van der Waals surface area contributed by atoms with Gasteiger partial charge in [0.25, 0.3) is 0 Å². The maximum atomic E-state index is 11.8. The quantitative estimate of drug-likeness (QED) is 0.785. The summed E-state index contributed by atoms with van der Waals surface area (Å²) in [6.45, 7) is 11.0. The molecule has 0 fully saturated rings. The minimum absolute atomic E-state index is 0.377. The summed E-state index contributed by atoms with van der Waals surface area (Å²) in [4.78, 5) is 11.8. The zero-order chi connectivity index (χ0) is 14.8. The van der Waals surface area contributed by atoms with Crippen LogP contribution in [-0.4, -0.2) is 17.7 Å². The molecular formula is C15H21ClO3. The van der Waals surface area contributed by atoms with Crippen LogP contribution in [0.15, 0.2) is 12.1 Å². The number of halogens is 1. The molecule has 0 radical (unpaired) electrons. The normalized spacial score (nSPS) is 13.0. The number of esters is 1. The number of aryl methyl sites for hydroxylation is 2. The van der Waals surface area contributed by atoms with Crippen LogP contribution >= 0.6 is 11.6 Å². The number of ether oxygens (including phenoxy) is 2. The van der Waals surface area contributed by atoms with Gasteiger partial charge < -0.3 is 9.47 Å². The lowest BCUT2D eigenvalue weighted by atomic mass is 10.1. The first-order valence-electron chi connectivity index (χ1n) is 6.26. The van der Waals surface area contributed by atoms with E-state index in [4.69, 9.17) is 21.1 Å². The van der Waals surface area contributed by atoms with E-state index >= 15 is 0 Å². The van der Waals surface area contributed by atoms with E-state index in [9.17, 15) is 4.79 Å². The first kappa shape index (κ1) is 15.8. The monoisotopic (exact) mass is 284 g/mol. The fourth-order valence-electron chi connectivity index (χ4n) is 1.61. The number of benzene rings is 1. The molecule has 1 aromatic rings. The fourth-order valence-corrected chi connectivity index (χ4v) is 1.72. The van der Waals surface area contributed by atoms with Crippen molar-refractivity contribution in [2.24, 2.45) is 0 Å². The molecule has 0 saturated carbocycles. The van der Waals surface area contributed by atoms with Crippen molar-refractivity contribution in [3.63, 3.8) is 0 Å². The van der Waals surface area contributed by atoms with Crippen molar-refractivity contribution >= 4 is 17.6 Å². The Bertz CT molecular complexity index is 452. The number of hydrogen-bond acceptors (Lipinski definition) is 3. The van der Waals surface area contributed by atoms with E-state index < -0.39 is 11.7 Å². The molecular weight excluding hydrogens is 264 g/mol. The van der Waals surface area contributed by atoms with E-state index in [2.05, 4.69) is 0 Å². The van der Waals surface area contributed by atoms with E-state index in [1.54, 1.807) is 6.92 Å². The van der Waals surface area contributed by atoms with Gasteiger partial charge in [-0.25, -0.2) is 4.79 Å². The second kappa shape index (κ2) is 5.83. The van der Waals surface area contributed by atoms with E-state index in [0.717, 1.165) is 16.1 Å². The molecule has 1 aromatic carbocycles. The van der Waals surface area contributed by atoms with Gasteiger partial charge in [0.2, 0.25) is 0 Å². The van der Waals surface area contributed by atoms with Gasteiger partial charge in [-0.1, -0.05) is 11.6 Å². The summed E-state index contributed by atoms with van der Waals surface area (Å²) in [6.07, 6.45) is -0.654. The second-order valence-corrected chi connectivity index (χ2v) is 6.04. The molecule has 19 heavy (non-hydrogen) atoms. The SMILES string of the molecule is Cc1cc(OC(C)C(=O)OC(C)(C)C)cc(C)c1Cl. The van der Waals surface area contributed by atoms with Crippen molar-refractivity contribution in [1.29, 1.82) is 0 Å². The van der Waals surface area contributed by atoms with Crippen molar-refractivity contribution in [1.82, 2.24) is 0 Å². The van der Waals surface area contributed by atoms with Crippen molar-refractivity contribution < 1.29 is 14.3 Å². The Morgan fingerprint density at radius 2 is 1.68 bits per heavy atom. The molecule has 1 unspecified atom stereocenters. The zero-order valence-electron chi connectivity index (χ0n) is 12.3. The predicted molar refractivity (Wildman–Crippen MR) is 76.9 cm³/mol. The van der Waals surface area contributed by atoms with Gasteiger partial charge in [0.15, 0.2) is 6.10 Å². The zero-order valence-corrected chi connectivity index (χ0v) is 13.1. The number of rotatable bonds is 3. The van der Waals surface area contributed by atoms with Crippen LogP contribution < -0.4 is 4.74 Å². The van der Waals surface area contributed by atoms with Gasteiger partial charge in [-0.3, -0.25) is 0 Å². The number of hydrogen-bond donors (Lipinski definition) is 0. The highest BCUT2D eigenvalue weighted by Gasteiger charge is 2.23. The van der Waals surface area contributed by atoms with Crippen molar-refractivity contribution in [2.75, 3.05) is 0 Å². The van der Waals surface area contributed by atoms with Crippen molar-refractivity contribution in [2.45, 2.75) is 53.2 Å². The topological polar surface area (TPSA) is 35.5 Å². The first-order chi connectivity index (χ1) is 8.60. The van der Waals surface area contributed by atoms with Gasteiger partial charge in [0, 0.05) is 5.02 Å². The van der Waals surface area contributed by atoms with E-state index in [0.29, 0.717) is 5.75 Å². The molecule has 3 nitrogen and oxygen atoms in total. The van der Waals surface area contributed by atoms with Gasteiger partial charge in [0.05, 0.1) is 0 Å². The van der Waals surface area contributed by atoms with Crippen LogP contribution in [0, 0.1) is 13.8 Å². The largest absolute Gasteiger partial charge is 0.479 e. The van der Waals surface area contributed by atoms with Crippen molar-refractivity contribution in [3.05, 3.63) is 28.3 Å². The molecule has 1 rings (SSSR count). The molecule has 0 aliphatic heterocycles. The number of carbonyl (C=O) groups excluding carboxylic acids is 1. The van der Waals surface area contributed by atoms with E-state index in [-0.39, 0.29) is 5.97 Å². The first-order valence-corrected chi connectivity index (χ1v) is 6.64. The van der Waals surface area contributed by atoms with E-state index in [1.165, 1.54) is 0 Å². The number of carbonyl (C=O) groups is 1. The third kappa shape index (κ3) is 4.75. The minimum Gasteiger partial charge on any atom is -0.479 e. The molecule has 0 saturated heterocycles. The molecule has 106 valence electrons. The molecule has 0 amide bonds. The standard InChI is InChI=1S/C15H21ClO3/c1-9-7-12(8-10(2)13(9)16)18-11(3)14(17)19-15(4,5)6/h7-8,11H,1-6H3. The van der Waals surface area contributed by atoms with E-state index in [1.807, 2.05) is 46.8 Å². The molecule has 0 heterocycles. The van der Waals surface area contributed by atoms with Crippen molar-refractivity contribution in [3.8, 4) is 5.75 Å². The fraction of sp³-hybridized carbons (Fsp3) is 0.533. The van der Waals surface area contributed by atoms with Gasteiger partial charge in [-0.05, 0) is 64.8 Å². The molecule has 4 heteroatoms. The summed E-state index contributed by atoms with van der Waals surface area (Å²) >= 11 is 6.09. The molecule has 0 aromatic heterocycles. The highest BCUT2D eigenvalue weighted by Crippen LogP contribution is 2.26. The molecule has 1 atom stereocenters. The van der Waals surface area contributed by atoms with Gasteiger partial charge in [-0.2, -0.15) is 0 Å². The molecule has 0 N–H and O–H groups in total. The van der Waals surface area contributed by atoms with Crippen LogP contribution in [-0.2, 0) is 9.53 Å². The van der Waals surface area contributed by atoms with Crippen LogP contribution in [0.25, 0.3) is 0 Å². The average Bonchev–Trinajstić information content (AvgIpc) is 2.23. The van der Waals surface area contributed by atoms with Crippen LogP contribution in [0.4, 0.5) is 0 Å². The van der Waals surface area contributed by atoms with Gasteiger partial charge >= 0.3 is 5.97 Å². The Labute approximate surface area is 119 Å². The van der Waals surface area contributed by atoms with Gasteiger partial charge in [0.1, 0.15) is 11.4 Å². The third-order valence-corrected chi connectivity index (χ3v) is 3.06. The summed E-state index contributed by atoms with van der Waals surface area (Å²) in [6, 6.07) is 3.63. The van der Waals surface area contributed by atoms with Crippen LogP contribution in [0.1, 0.15) is 38.8 Å². The lowest BCUT2D eigenvalue weighted by molar-refractivity contribution is -0.162. The Kier molecular flexibility index (Phi) is 4.86. The summed E-state index contributed by atoms with van der Waals surface area (Å²) in [5, 5.41) is 0.720. The molecule has 0 bridgehead atoms. The van der Waals surface area contributed by atoms with Crippen LogP contribution in [0.5, 0.6) is 5.75 Å². The Morgan fingerprint density at radius 1 is 1.21 bits per heavy atom. The highest BCUT2D eigenvalue weighted by molar-refractivity contribution is 6.32. The minimum atomic E-state index is -0.654. The Balaban J connectivity index is 2.77.